The number of pyridine rings is 1. The lowest BCUT2D eigenvalue weighted by Crippen LogP contribution is -2.47. The van der Waals surface area contributed by atoms with Crippen molar-refractivity contribution >= 4 is 40.0 Å². The number of aryl methyl sites for hydroxylation is 1. The monoisotopic (exact) mass is 486 g/mol. The Morgan fingerprint density at radius 3 is 2.51 bits per heavy atom. The van der Waals surface area contributed by atoms with Gasteiger partial charge in [0, 0.05) is 62.4 Å². The Morgan fingerprint density at radius 1 is 0.971 bits per heavy atom. The highest BCUT2D eigenvalue weighted by Gasteiger charge is 2.22. The molecule has 9 nitrogen and oxygen atoms in total. The average molecular weight is 487 g/mol. The summed E-state index contributed by atoms with van der Waals surface area (Å²) in [5.74, 6) is 2.34. The number of benzene rings is 1. The number of piperazine rings is 1. The smallest absolute Gasteiger partial charge is 0.233 e. The Balaban J connectivity index is 1.29. The number of carbonyl (C=O) groups excluding carboxylic acids is 1. The van der Waals surface area contributed by atoms with E-state index in [0.717, 1.165) is 36.9 Å². The zero-order valence-corrected chi connectivity index (χ0v) is 20.3. The van der Waals surface area contributed by atoms with Crippen molar-refractivity contribution in [1.82, 2.24) is 24.9 Å². The number of thiazole rings is 1. The maximum Gasteiger partial charge on any atom is 0.233 e. The fourth-order valence-corrected chi connectivity index (χ4v) is 4.60. The predicted octanol–water partition coefficient (Wildman–Crippen LogP) is 3.78. The molecule has 4 aromatic rings. The normalized spacial score (nSPS) is 13.6. The molecule has 3 aromatic heterocycles. The van der Waals surface area contributed by atoms with Crippen LogP contribution in [0.1, 0.15) is 28.7 Å². The van der Waals surface area contributed by atoms with Crippen LogP contribution < -0.4 is 15.1 Å². The second kappa shape index (κ2) is 10.6. The largest absolute Gasteiger partial charge is 0.345 e. The van der Waals surface area contributed by atoms with Crippen LogP contribution in [0.4, 0.5) is 22.8 Å². The van der Waals surface area contributed by atoms with Crippen molar-refractivity contribution in [3.63, 3.8) is 0 Å². The van der Waals surface area contributed by atoms with Gasteiger partial charge in [-0.05, 0) is 17.7 Å². The zero-order chi connectivity index (χ0) is 24.0. The Labute approximate surface area is 207 Å². The number of anilines is 4. The minimum atomic E-state index is 0.0327. The Bertz CT molecular complexity index is 1270. The lowest BCUT2D eigenvalue weighted by Gasteiger charge is -2.34. The van der Waals surface area contributed by atoms with Crippen LogP contribution in [0, 0.1) is 0 Å². The number of rotatable bonds is 8. The van der Waals surface area contributed by atoms with Gasteiger partial charge in [-0.25, -0.2) is 9.97 Å². The molecule has 1 aliphatic heterocycles. The van der Waals surface area contributed by atoms with Crippen LogP contribution in [0.15, 0.2) is 60.2 Å². The zero-order valence-electron chi connectivity index (χ0n) is 19.5. The van der Waals surface area contributed by atoms with Gasteiger partial charge < -0.3 is 15.1 Å². The second-order valence-corrected chi connectivity index (χ2v) is 9.03. The van der Waals surface area contributed by atoms with Crippen molar-refractivity contribution in [2.24, 2.45) is 0 Å². The molecule has 10 heteroatoms. The summed E-state index contributed by atoms with van der Waals surface area (Å²) in [6.45, 7) is 5.33. The Hall–Kier alpha value is -3.92. The molecule has 0 saturated carbocycles. The van der Waals surface area contributed by atoms with Crippen LogP contribution in [0.2, 0.25) is 0 Å². The summed E-state index contributed by atoms with van der Waals surface area (Å²) in [5, 5.41) is 6.22. The second-order valence-electron chi connectivity index (χ2n) is 8.16. The van der Waals surface area contributed by atoms with Crippen molar-refractivity contribution in [3.05, 3.63) is 77.2 Å². The number of carbonyl (C=O) groups is 1. The van der Waals surface area contributed by atoms with Gasteiger partial charge in [0.2, 0.25) is 11.9 Å². The molecule has 1 saturated heterocycles. The highest BCUT2D eigenvalue weighted by atomic mass is 32.1. The van der Waals surface area contributed by atoms with Crippen LogP contribution in [-0.2, 0) is 12.8 Å². The van der Waals surface area contributed by atoms with E-state index < -0.39 is 0 Å². The van der Waals surface area contributed by atoms with Gasteiger partial charge in [0.15, 0.2) is 10.9 Å². The predicted molar refractivity (Wildman–Crippen MR) is 138 cm³/mol. The van der Waals surface area contributed by atoms with Gasteiger partial charge in [-0.15, -0.1) is 11.3 Å². The van der Waals surface area contributed by atoms with E-state index in [1.807, 2.05) is 48.8 Å². The van der Waals surface area contributed by atoms with E-state index in [-0.39, 0.29) is 5.78 Å². The van der Waals surface area contributed by atoms with Crippen molar-refractivity contribution in [2.45, 2.75) is 19.8 Å². The fourth-order valence-electron chi connectivity index (χ4n) is 3.90. The van der Waals surface area contributed by atoms with E-state index in [0.29, 0.717) is 41.9 Å². The summed E-state index contributed by atoms with van der Waals surface area (Å²) in [7, 11) is 0. The highest BCUT2D eigenvalue weighted by Crippen LogP contribution is 2.22. The lowest BCUT2D eigenvalue weighted by molar-refractivity contribution is 0.0993. The van der Waals surface area contributed by atoms with E-state index in [1.165, 1.54) is 0 Å². The van der Waals surface area contributed by atoms with Gasteiger partial charge >= 0.3 is 0 Å². The number of nitrogens with zero attached hydrogens (tertiary/aromatic N) is 7. The molecule has 4 heterocycles. The minimum absolute atomic E-state index is 0.0327. The van der Waals surface area contributed by atoms with Crippen molar-refractivity contribution in [1.29, 1.82) is 0 Å². The standard InChI is InChI=1S/C25H26N8OS/c1-2-21-28-23(31-24(30-21)32-11-13-33(14-12-32)25-27-10-15-35-25)29-22-17-19(8-9-26-22)20(34)16-18-6-4-3-5-7-18/h3-10,15,17H,2,11-14,16H2,1H3,(H,26,28,29,30,31). The molecule has 1 fully saturated rings. The fraction of sp³-hybridized carbons (Fsp3) is 0.280. The Kier molecular flexibility index (Phi) is 6.89. The average Bonchev–Trinajstić information content (AvgIpc) is 3.44. The van der Waals surface area contributed by atoms with Gasteiger partial charge in [0.25, 0.3) is 0 Å². The first-order valence-corrected chi connectivity index (χ1v) is 12.5. The molecule has 0 amide bonds. The van der Waals surface area contributed by atoms with Gasteiger partial charge in [0.05, 0.1) is 0 Å². The van der Waals surface area contributed by atoms with Gasteiger partial charge in [-0.2, -0.15) is 15.0 Å². The molecule has 5 rings (SSSR count). The van der Waals surface area contributed by atoms with E-state index in [1.54, 1.807) is 29.7 Å². The number of hydrogen-bond acceptors (Lipinski definition) is 10. The summed E-state index contributed by atoms with van der Waals surface area (Å²) >= 11 is 1.65. The molecule has 0 unspecified atom stereocenters. The van der Waals surface area contributed by atoms with Crippen molar-refractivity contribution in [3.8, 4) is 0 Å². The third-order valence-corrected chi connectivity index (χ3v) is 6.60. The molecule has 1 N–H and O–H groups in total. The van der Waals surface area contributed by atoms with Gasteiger partial charge in [-0.1, -0.05) is 37.3 Å². The van der Waals surface area contributed by atoms with Crippen LogP contribution in [0.25, 0.3) is 0 Å². The first-order chi connectivity index (χ1) is 17.2. The topological polar surface area (TPSA) is 100 Å². The molecular formula is C25H26N8OS. The number of nitrogens with one attached hydrogen (secondary N) is 1. The summed E-state index contributed by atoms with van der Waals surface area (Å²) in [6.07, 6.45) is 4.49. The minimum Gasteiger partial charge on any atom is -0.345 e. The van der Waals surface area contributed by atoms with E-state index in [9.17, 15) is 4.79 Å². The van der Waals surface area contributed by atoms with Crippen LogP contribution >= 0.6 is 11.3 Å². The summed E-state index contributed by atoms with van der Waals surface area (Å²) < 4.78 is 0. The van der Waals surface area contributed by atoms with Crippen LogP contribution in [0.3, 0.4) is 0 Å². The van der Waals surface area contributed by atoms with E-state index in [2.05, 4.69) is 40.0 Å². The number of Topliss-reactive ketones (excluding diaryl/α,β-unsaturated/α-hetero) is 1. The Morgan fingerprint density at radius 2 is 1.77 bits per heavy atom. The summed E-state index contributed by atoms with van der Waals surface area (Å²) in [4.78, 5) is 39.9. The SMILES string of the molecule is CCc1nc(Nc2cc(C(=O)Cc3ccccc3)ccn2)nc(N2CCN(c3nccs3)CC2)n1. The highest BCUT2D eigenvalue weighted by molar-refractivity contribution is 7.13. The molecule has 0 bridgehead atoms. The lowest BCUT2D eigenvalue weighted by atomic mass is 10.0. The van der Waals surface area contributed by atoms with Crippen LogP contribution in [-0.4, -0.2) is 56.9 Å². The molecule has 0 aliphatic carbocycles. The number of ketones is 1. The first-order valence-electron chi connectivity index (χ1n) is 11.6. The van der Waals surface area contributed by atoms with Crippen molar-refractivity contribution < 1.29 is 4.79 Å². The molecule has 0 atom stereocenters. The number of hydrogen-bond donors (Lipinski definition) is 1. The molecule has 1 aromatic carbocycles. The third-order valence-electron chi connectivity index (χ3n) is 5.77. The molecule has 178 valence electrons. The summed E-state index contributed by atoms with van der Waals surface area (Å²) in [6, 6.07) is 13.2. The van der Waals surface area contributed by atoms with E-state index in [4.69, 9.17) is 0 Å². The quantitative estimate of drug-likeness (QED) is 0.373. The third kappa shape index (κ3) is 5.60. The maximum atomic E-state index is 12.8. The maximum absolute atomic E-state index is 12.8. The molecule has 0 spiro atoms. The van der Waals surface area contributed by atoms with Crippen molar-refractivity contribution in [2.75, 3.05) is 41.3 Å². The van der Waals surface area contributed by atoms with Gasteiger partial charge in [-0.3, -0.25) is 4.79 Å². The molecule has 0 radical (unpaired) electrons. The first kappa shape index (κ1) is 22.9. The molecule has 1 aliphatic rings. The molecule has 35 heavy (non-hydrogen) atoms. The van der Waals surface area contributed by atoms with Gasteiger partial charge in [0.1, 0.15) is 11.6 Å². The van der Waals surface area contributed by atoms with E-state index >= 15 is 0 Å². The molecular weight excluding hydrogens is 460 g/mol. The summed E-state index contributed by atoms with van der Waals surface area (Å²) in [5.41, 5.74) is 1.57. The number of aromatic nitrogens is 5. The van der Waals surface area contributed by atoms with Crippen LogP contribution in [0.5, 0.6) is 0 Å².